The molecule has 0 N–H and O–H groups in total. The van der Waals surface area contributed by atoms with Gasteiger partial charge in [0.2, 0.25) is 15.9 Å². The lowest BCUT2D eigenvalue weighted by Crippen LogP contribution is -2.52. The topological polar surface area (TPSA) is 57.7 Å². The summed E-state index contributed by atoms with van der Waals surface area (Å²) in [6.07, 6.45) is 3.01. The van der Waals surface area contributed by atoms with E-state index in [4.69, 9.17) is 23.2 Å². The van der Waals surface area contributed by atoms with Crippen molar-refractivity contribution in [3.8, 4) is 0 Å². The van der Waals surface area contributed by atoms with Gasteiger partial charge < -0.3 is 4.90 Å². The summed E-state index contributed by atoms with van der Waals surface area (Å²) in [5.41, 5.74) is 0. The van der Waals surface area contributed by atoms with E-state index in [0.717, 1.165) is 19.3 Å². The first-order chi connectivity index (χ1) is 10.9. The lowest BCUT2D eigenvalue weighted by atomic mass is 9.84. The van der Waals surface area contributed by atoms with E-state index < -0.39 is 10.0 Å². The van der Waals surface area contributed by atoms with Crippen molar-refractivity contribution >= 4 is 39.1 Å². The number of amides is 1. The van der Waals surface area contributed by atoms with Crippen LogP contribution in [0.4, 0.5) is 0 Å². The van der Waals surface area contributed by atoms with Crippen LogP contribution in [0, 0.1) is 5.92 Å². The molecule has 3 rings (SSSR count). The number of sulfonamides is 1. The minimum atomic E-state index is -3.75. The molecule has 23 heavy (non-hydrogen) atoms. The average molecular weight is 377 g/mol. The Hall–Kier alpha value is -0.820. The van der Waals surface area contributed by atoms with Crippen LogP contribution in [0.25, 0.3) is 0 Å². The Morgan fingerprint density at radius 2 is 1.61 bits per heavy atom. The zero-order chi connectivity index (χ0) is 16.6. The van der Waals surface area contributed by atoms with Crippen LogP contribution in [0.15, 0.2) is 23.1 Å². The second-order valence-corrected chi connectivity index (χ2v) is 8.60. The van der Waals surface area contributed by atoms with Crippen LogP contribution in [0.5, 0.6) is 0 Å². The third-order valence-corrected chi connectivity index (χ3v) is 7.38. The van der Waals surface area contributed by atoms with Gasteiger partial charge >= 0.3 is 0 Å². The van der Waals surface area contributed by atoms with E-state index in [0.29, 0.717) is 13.1 Å². The third-order valence-electron chi connectivity index (χ3n) is 4.52. The van der Waals surface area contributed by atoms with Crippen LogP contribution in [0.2, 0.25) is 10.0 Å². The minimum absolute atomic E-state index is 0.0536. The summed E-state index contributed by atoms with van der Waals surface area (Å²) in [4.78, 5) is 13.9. The molecule has 0 radical (unpaired) electrons. The molecule has 1 aliphatic carbocycles. The van der Waals surface area contributed by atoms with E-state index in [2.05, 4.69) is 0 Å². The molecule has 5 nitrogen and oxygen atoms in total. The molecule has 1 aliphatic heterocycles. The quantitative estimate of drug-likeness (QED) is 0.814. The van der Waals surface area contributed by atoms with Crippen LogP contribution in [0.1, 0.15) is 19.3 Å². The van der Waals surface area contributed by atoms with Crippen molar-refractivity contribution in [3.63, 3.8) is 0 Å². The Morgan fingerprint density at radius 1 is 1.04 bits per heavy atom. The molecule has 2 fully saturated rings. The first kappa shape index (κ1) is 17.0. The van der Waals surface area contributed by atoms with Crippen LogP contribution >= 0.6 is 23.2 Å². The fourth-order valence-corrected chi connectivity index (χ4v) is 5.43. The van der Waals surface area contributed by atoms with Crippen molar-refractivity contribution in [2.75, 3.05) is 26.2 Å². The normalized spacial score (nSPS) is 20.3. The molecule has 0 atom stereocenters. The molecule has 1 saturated heterocycles. The van der Waals surface area contributed by atoms with Crippen molar-refractivity contribution in [2.24, 2.45) is 5.92 Å². The molecule has 1 saturated carbocycles. The van der Waals surface area contributed by atoms with E-state index in [1.807, 2.05) is 0 Å². The molecule has 8 heteroatoms. The summed E-state index contributed by atoms with van der Waals surface area (Å²) in [5, 5.41) is 0.232. The van der Waals surface area contributed by atoms with Gasteiger partial charge in [0.05, 0.1) is 10.0 Å². The highest BCUT2D eigenvalue weighted by Crippen LogP contribution is 2.32. The number of carbonyl (C=O) groups is 1. The van der Waals surface area contributed by atoms with Gasteiger partial charge in [-0.15, -0.1) is 0 Å². The number of halogens is 2. The molecule has 126 valence electrons. The van der Waals surface area contributed by atoms with E-state index >= 15 is 0 Å². The van der Waals surface area contributed by atoms with Crippen LogP contribution in [0.3, 0.4) is 0 Å². The minimum Gasteiger partial charge on any atom is -0.340 e. The van der Waals surface area contributed by atoms with Gasteiger partial charge in [-0.3, -0.25) is 4.79 Å². The number of benzene rings is 1. The van der Waals surface area contributed by atoms with Crippen molar-refractivity contribution < 1.29 is 13.2 Å². The van der Waals surface area contributed by atoms with Gasteiger partial charge in [0.15, 0.2) is 0 Å². The van der Waals surface area contributed by atoms with Crippen LogP contribution in [-0.2, 0) is 14.8 Å². The Morgan fingerprint density at radius 3 is 2.09 bits per heavy atom. The number of hydrogen-bond donors (Lipinski definition) is 0. The molecular formula is C15H18Cl2N2O3S. The standard InChI is InChI=1S/C15H18Cl2N2O3S/c16-12-5-2-6-13(17)14(12)23(21,22)19-9-7-18(8-10-19)15(20)11-3-1-4-11/h2,5-6,11H,1,3-4,7-10H2. The van der Waals surface area contributed by atoms with Gasteiger partial charge in [0.25, 0.3) is 0 Å². The Bertz CT molecular complexity index is 691. The molecule has 0 bridgehead atoms. The Labute approximate surface area is 146 Å². The number of piperazine rings is 1. The van der Waals surface area contributed by atoms with Crippen molar-refractivity contribution in [2.45, 2.75) is 24.2 Å². The molecule has 0 unspecified atom stereocenters. The molecule has 1 aromatic carbocycles. The van der Waals surface area contributed by atoms with E-state index in [-0.39, 0.29) is 39.9 Å². The monoisotopic (exact) mass is 376 g/mol. The molecule has 1 heterocycles. The summed E-state index contributed by atoms with van der Waals surface area (Å²) in [5.74, 6) is 0.292. The summed E-state index contributed by atoms with van der Waals surface area (Å²) in [6.45, 7) is 1.36. The van der Waals surface area contributed by atoms with Crippen molar-refractivity contribution in [3.05, 3.63) is 28.2 Å². The number of rotatable bonds is 3. The van der Waals surface area contributed by atoms with Crippen molar-refractivity contribution in [1.29, 1.82) is 0 Å². The summed E-state index contributed by atoms with van der Waals surface area (Å²) < 4.78 is 26.9. The zero-order valence-corrected chi connectivity index (χ0v) is 14.9. The highest BCUT2D eigenvalue weighted by atomic mass is 35.5. The Kier molecular flexibility index (Phi) is 4.88. The highest BCUT2D eigenvalue weighted by molar-refractivity contribution is 7.89. The SMILES string of the molecule is O=C(C1CCC1)N1CCN(S(=O)(=O)c2c(Cl)cccc2Cl)CC1. The van der Waals surface area contributed by atoms with Gasteiger partial charge in [0, 0.05) is 32.1 Å². The molecular weight excluding hydrogens is 359 g/mol. The van der Waals surface area contributed by atoms with Gasteiger partial charge in [-0.1, -0.05) is 35.7 Å². The van der Waals surface area contributed by atoms with E-state index in [1.165, 1.54) is 16.4 Å². The maximum absolute atomic E-state index is 12.8. The average Bonchev–Trinajstić information content (AvgIpc) is 2.45. The number of carbonyl (C=O) groups excluding carboxylic acids is 1. The first-order valence-electron chi connectivity index (χ1n) is 7.64. The fraction of sp³-hybridized carbons (Fsp3) is 0.533. The zero-order valence-electron chi connectivity index (χ0n) is 12.5. The highest BCUT2D eigenvalue weighted by Gasteiger charge is 2.35. The molecule has 1 aromatic rings. The smallest absolute Gasteiger partial charge is 0.246 e. The van der Waals surface area contributed by atoms with E-state index in [1.54, 1.807) is 11.0 Å². The molecule has 0 aromatic heterocycles. The third kappa shape index (κ3) is 3.22. The lowest BCUT2D eigenvalue weighted by Gasteiger charge is -2.37. The van der Waals surface area contributed by atoms with Gasteiger partial charge in [-0.2, -0.15) is 4.31 Å². The van der Waals surface area contributed by atoms with Crippen molar-refractivity contribution in [1.82, 2.24) is 9.21 Å². The predicted molar refractivity (Wildman–Crippen MR) is 89.1 cm³/mol. The van der Waals surface area contributed by atoms with Crippen LogP contribution in [-0.4, -0.2) is 49.7 Å². The van der Waals surface area contributed by atoms with Crippen LogP contribution < -0.4 is 0 Å². The maximum Gasteiger partial charge on any atom is 0.246 e. The largest absolute Gasteiger partial charge is 0.340 e. The first-order valence-corrected chi connectivity index (χ1v) is 9.84. The molecule has 2 aliphatic rings. The van der Waals surface area contributed by atoms with Gasteiger partial charge in [-0.05, 0) is 25.0 Å². The Balaban J connectivity index is 1.72. The summed E-state index contributed by atoms with van der Waals surface area (Å²) >= 11 is 12.1. The molecule has 1 amide bonds. The van der Waals surface area contributed by atoms with Gasteiger partial charge in [0.1, 0.15) is 4.90 Å². The van der Waals surface area contributed by atoms with E-state index in [9.17, 15) is 13.2 Å². The van der Waals surface area contributed by atoms with Gasteiger partial charge in [-0.25, -0.2) is 8.42 Å². The lowest BCUT2D eigenvalue weighted by molar-refractivity contribution is -0.139. The second-order valence-electron chi connectivity index (χ2n) is 5.91. The molecule has 0 spiro atoms. The fourth-order valence-electron chi connectivity index (χ4n) is 2.92. The number of nitrogens with zero attached hydrogens (tertiary/aromatic N) is 2. The number of hydrogen-bond acceptors (Lipinski definition) is 3. The summed E-state index contributed by atoms with van der Waals surface area (Å²) in [7, 11) is -3.75. The summed E-state index contributed by atoms with van der Waals surface area (Å²) in [6, 6.07) is 4.63. The maximum atomic E-state index is 12.8. The predicted octanol–water partition coefficient (Wildman–Crippen LogP) is 2.63. The second kappa shape index (κ2) is 6.59.